The Bertz CT molecular complexity index is 979. The lowest BCUT2D eigenvalue weighted by Gasteiger charge is -2.17. The molecule has 162 valence electrons. The largest absolute Gasteiger partial charge is 0.493 e. The van der Waals surface area contributed by atoms with Crippen molar-refractivity contribution in [3.05, 3.63) is 34.1 Å². The van der Waals surface area contributed by atoms with Gasteiger partial charge in [0.15, 0.2) is 16.7 Å². The molecule has 6 nitrogen and oxygen atoms in total. The highest BCUT2D eigenvalue weighted by Gasteiger charge is 2.20. The van der Waals surface area contributed by atoms with Crippen LogP contribution in [0.2, 0.25) is 0 Å². The Labute approximate surface area is 181 Å². The molecule has 0 amide bonds. The fourth-order valence-corrected chi connectivity index (χ4v) is 5.26. The summed E-state index contributed by atoms with van der Waals surface area (Å²) in [6.45, 7) is 1.48. The molecule has 0 unspecified atom stereocenters. The highest BCUT2D eigenvalue weighted by molar-refractivity contribution is 7.99. The molecular weight excluding hydrogens is 400 g/mol. The number of aromatic nitrogens is 2. The molecule has 4 rings (SSSR count). The van der Waals surface area contributed by atoms with Gasteiger partial charge in [-0.25, -0.2) is 4.98 Å². The van der Waals surface area contributed by atoms with Crippen molar-refractivity contribution in [2.75, 3.05) is 26.6 Å². The third kappa shape index (κ3) is 4.67. The predicted octanol–water partition coefficient (Wildman–Crippen LogP) is 4.58. The summed E-state index contributed by atoms with van der Waals surface area (Å²) >= 11 is 1.62. The molecule has 7 heteroatoms. The molecule has 2 heterocycles. The quantitative estimate of drug-likeness (QED) is 0.347. The first-order valence-corrected chi connectivity index (χ1v) is 11.8. The molecule has 2 aromatic rings. The van der Waals surface area contributed by atoms with Crippen LogP contribution < -0.4 is 15.0 Å². The van der Waals surface area contributed by atoms with Gasteiger partial charge in [-0.15, -0.1) is 0 Å². The van der Waals surface area contributed by atoms with Crippen LogP contribution in [-0.2, 0) is 11.3 Å². The summed E-state index contributed by atoms with van der Waals surface area (Å²) in [4.78, 5) is 18.3. The second-order valence-corrected chi connectivity index (χ2v) is 8.87. The van der Waals surface area contributed by atoms with Gasteiger partial charge in [0.05, 0.1) is 31.2 Å². The van der Waals surface area contributed by atoms with Gasteiger partial charge in [-0.05, 0) is 51.0 Å². The van der Waals surface area contributed by atoms with Crippen LogP contribution >= 0.6 is 11.8 Å². The minimum absolute atomic E-state index is 0.0211. The van der Waals surface area contributed by atoms with Crippen molar-refractivity contribution in [2.45, 2.75) is 62.8 Å². The van der Waals surface area contributed by atoms with Gasteiger partial charge in [-0.3, -0.25) is 9.36 Å². The van der Waals surface area contributed by atoms with Crippen LogP contribution in [0.25, 0.3) is 10.9 Å². The van der Waals surface area contributed by atoms with Gasteiger partial charge in [-0.1, -0.05) is 23.4 Å². The molecule has 0 saturated carbocycles. The van der Waals surface area contributed by atoms with Crippen LogP contribution in [0, 0.1) is 0 Å². The van der Waals surface area contributed by atoms with Gasteiger partial charge in [0.25, 0.3) is 5.56 Å². The Morgan fingerprint density at radius 3 is 2.73 bits per heavy atom. The van der Waals surface area contributed by atoms with E-state index in [0.717, 1.165) is 49.6 Å². The lowest BCUT2D eigenvalue weighted by molar-refractivity contribution is 0.129. The number of benzene rings is 1. The van der Waals surface area contributed by atoms with E-state index in [1.54, 1.807) is 38.1 Å². The Balaban J connectivity index is 1.69. The average Bonchev–Trinajstić information content (AvgIpc) is 3.30. The molecule has 1 aromatic carbocycles. The number of hydrogen-bond acceptors (Lipinski definition) is 6. The van der Waals surface area contributed by atoms with Gasteiger partial charge in [0.1, 0.15) is 0 Å². The van der Waals surface area contributed by atoms with E-state index in [-0.39, 0.29) is 11.7 Å². The predicted molar refractivity (Wildman–Crippen MR) is 120 cm³/mol. The van der Waals surface area contributed by atoms with Gasteiger partial charge in [-0.2, -0.15) is 0 Å². The number of hydrogen-bond donors (Lipinski definition) is 0. The third-order valence-electron chi connectivity index (χ3n) is 5.89. The first-order valence-electron chi connectivity index (χ1n) is 10.8. The van der Waals surface area contributed by atoms with Crippen molar-refractivity contribution < 1.29 is 14.2 Å². The van der Waals surface area contributed by atoms with Crippen molar-refractivity contribution in [3.63, 3.8) is 0 Å². The van der Waals surface area contributed by atoms with E-state index < -0.39 is 0 Å². The molecule has 1 aromatic heterocycles. The van der Waals surface area contributed by atoms with E-state index in [0.29, 0.717) is 28.9 Å². The summed E-state index contributed by atoms with van der Waals surface area (Å²) in [5.41, 5.74) is 2.07. The van der Waals surface area contributed by atoms with Crippen LogP contribution in [0.15, 0.2) is 33.7 Å². The lowest BCUT2D eigenvalue weighted by atomic mass is 9.97. The minimum Gasteiger partial charge on any atom is -0.493 e. The van der Waals surface area contributed by atoms with Crippen molar-refractivity contribution in [2.24, 2.45) is 0 Å². The summed E-state index contributed by atoms with van der Waals surface area (Å²) in [6, 6.07) is 3.54. The first-order chi connectivity index (χ1) is 14.7. The number of rotatable bonds is 8. The number of methoxy groups -OCH3 is 2. The van der Waals surface area contributed by atoms with Gasteiger partial charge >= 0.3 is 0 Å². The molecule has 0 bridgehead atoms. The van der Waals surface area contributed by atoms with E-state index in [4.69, 9.17) is 19.2 Å². The second-order valence-electron chi connectivity index (χ2n) is 7.88. The molecule has 30 heavy (non-hydrogen) atoms. The number of ether oxygens (including phenoxy) is 3. The minimum atomic E-state index is -0.0211. The van der Waals surface area contributed by atoms with Crippen LogP contribution in [0.4, 0.5) is 0 Å². The molecule has 0 N–H and O–H groups in total. The molecule has 0 spiro atoms. The van der Waals surface area contributed by atoms with Gasteiger partial charge < -0.3 is 14.2 Å². The molecule has 2 aliphatic rings. The van der Waals surface area contributed by atoms with E-state index in [9.17, 15) is 4.79 Å². The average molecular weight is 431 g/mol. The zero-order valence-electron chi connectivity index (χ0n) is 17.8. The zero-order chi connectivity index (χ0) is 20.9. The van der Waals surface area contributed by atoms with E-state index in [2.05, 4.69) is 6.08 Å². The third-order valence-corrected chi connectivity index (χ3v) is 7.00. The smallest absolute Gasteiger partial charge is 0.262 e. The van der Waals surface area contributed by atoms with Gasteiger partial charge in [0, 0.05) is 25.0 Å². The molecule has 1 saturated heterocycles. The lowest BCUT2D eigenvalue weighted by Crippen LogP contribution is -2.24. The Morgan fingerprint density at radius 2 is 2.03 bits per heavy atom. The Hall–Kier alpha value is -1.99. The maximum Gasteiger partial charge on any atom is 0.262 e. The van der Waals surface area contributed by atoms with E-state index in [1.165, 1.54) is 18.4 Å². The second kappa shape index (κ2) is 9.88. The van der Waals surface area contributed by atoms with Crippen molar-refractivity contribution in [3.8, 4) is 11.5 Å². The summed E-state index contributed by atoms with van der Waals surface area (Å²) in [5.74, 6) is 1.94. The molecule has 1 aliphatic heterocycles. The SMILES string of the molecule is COc1cc2nc(SC[C@H]3CCCO3)n(CCC3=CCCCC3)c(=O)c2cc1OC. The van der Waals surface area contributed by atoms with E-state index >= 15 is 0 Å². The highest BCUT2D eigenvalue weighted by Crippen LogP contribution is 2.32. The van der Waals surface area contributed by atoms with Crippen molar-refractivity contribution >= 4 is 22.7 Å². The molecule has 1 fully saturated rings. The standard InChI is InChI=1S/C23H30N2O4S/c1-27-20-13-18-19(14-21(20)28-2)24-23(30-15-17-9-6-12-29-17)25(22(18)26)11-10-16-7-4-3-5-8-16/h7,13-14,17H,3-6,8-12,15H2,1-2H3/t17-/m1/s1. The summed E-state index contributed by atoms with van der Waals surface area (Å²) in [6.07, 6.45) is 10.5. The Kier molecular flexibility index (Phi) is 7.00. The molecular formula is C23H30N2O4S. The molecule has 0 radical (unpaired) electrons. The van der Waals surface area contributed by atoms with Crippen LogP contribution in [-0.4, -0.2) is 42.2 Å². The van der Waals surface area contributed by atoms with Crippen molar-refractivity contribution in [1.29, 1.82) is 0 Å². The van der Waals surface area contributed by atoms with Crippen LogP contribution in [0.5, 0.6) is 11.5 Å². The number of thioether (sulfide) groups is 1. The van der Waals surface area contributed by atoms with E-state index in [1.807, 2.05) is 4.57 Å². The van der Waals surface area contributed by atoms with Gasteiger partial charge in [0.2, 0.25) is 0 Å². The van der Waals surface area contributed by atoms with Crippen LogP contribution in [0.1, 0.15) is 44.9 Å². The zero-order valence-corrected chi connectivity index (χ0v) is 18.6. The normalized spacial score (nSPS) is 19.1. The Morgan fingerprint density at radius 1 is 1.20 bits per heavy atom. The van der Waals surface area contributed by atoms with Crippen LogP contribution in [0.3, 0.4) is 0 Å². The molecule has 1 atom stereocenters. The maximum atomic E-state index is 13.4. The fourth-order valence-electron chi connectivity index (χ4n) is 4.17. The summed E-state index contributed by atoms with van der Waals surface area (Å²) in [5, 5.41) is 1.32. The number of fused-ring (bicyclic) bond motifs is 1. The first kappa shape index (κ1) is 21.2. The number of nitrogens with zero attached hydrogens (tertiary/aromatic N) is 2. The summed E-state index contributed by atoms with van der Waals surface area (Å²) < 4.78 is 18.4. The van der Waals surface area contributed by atoms with Crippen molar-refractivity contribution in [1.82, 2.24) is 9.55 Å². The maximum absolute atomic E-state index is 13.4. The monoisotopic (exact) mass is 430 g/mol. The highest BCUT2D eigenvalue weighted by atomic mass is 32.2. The number of allylic oxidation sites excluding steroid dienone is 2. The fraction of sp³-hybridized carbons (Fsp3) is 0.565. The topological polar surface area (TPSA) is 62.6 Å². The molecule has 1 aliphatic carbocycles. The summed E-state index contributed by atoms with van der Waals surface area (Å²) in [7, 11) is 3.17.